The first-order valence-electron chi connectivity index (χ1n) is 38.0. The van der Waals surface area contributed by atoms with Gasteiger partial charge in [-0.05, 0) is 240 Å². The molecule has 0 N–H and O–H groups in total. The van der Waals surface area contributed by atoms with E-state index in [4.69, 9.17) is 4.74 Å². The summed E-state index contributed by atoms with van der Waals surface area (Å²) in [5.41, 5.74) is 34.0. The van der Waals surface area contributed by atoms with Crippen LogP contribution in [0, 0.1) is 61.3 Å². The number of allylic oxidation sites excluding steroid dienone is 1. The fourth-order valence-electron chi connectivity index (χ4n) is 19.4. The molecule has 0 amide bonds. The Morgan fingerprint density at radius 1 is 0.364 bits per heavy atom. The summed E-state index contributed by atoms with van der Waals surface area (Å²) >= 11 is 18.8. The van der Waals surface area contributed by atoms with Gasteiger partial charge in [0, 0.05) is 55.7 Å². The molecule has 6 aliphatic rings. The molecular weight excluding hydrogens is 1560 g/mol. The van der Waals surface area contributed by atoms with Gasteiger partial charge in [-0.1, -0.05) is 293 Å². The molecule has 2 unspecified atom stereocenters. The number of nitrogens with zero attached hydrogens (tertiary/aromatic N) is 1. The van der Waals surface area contributed by atoms with Crippen LogP contribution in [0.3, 0.4) is 0 Å². The van der Waals surface area contributed by atoms with E-state index >= 15 is 0 Å². The molecule has 1 fully saturated rings. The van der Waals surface area contributed by atoms with Gasteiger partial charge in [0.25, 0.3) is 0 Å². The van der Waals surface area contributed by atoms with Crippen molar-refractivity contribution in [3.05, 3.63) is 419 Å². The molecule has 0 bridgehead atoms. The van der Waals surface area contributed by atoms with Crippen LogP contribution < -0.4 is 0 Å². The standard InChI is InChI=1S/C48H34Br2S2.C48H38S2.C4H8O.BHNS/c1-27-5-13-31(14-6-27)47(32-15-7-28(2)8-16-32)37-23-21-36-44-38(24-22-35(43(37)44)45-39(47)25-41(49)51-45)48(33-17-9-29(3)10-18-33,34-19-11-30(4)12-20-34)40-26-42(50)52-46(36)40;1-29-5-13-33(14-6-29)47(34-15-7-30(2)8-16-34)39-23-21-38-44-40(24-22-37(43(39)44)45-41(47)25-27-49-45)48(42-26-28-50-46(38)42,35-17-9-31(3)10-18-35)36-19-11-32(4)12-20-36;1-2-4-5-3-1;1-2-3/h5-26H,1-4H3;5-28,41,45H,1-4H3;1-4H2;3H. The Morgan fingerprint density at radius 2 is 0.673 bits per heavy atom. The fourth-order valence-corrected chi connectivity index (χ4v) is 25.0. The molecule has 2 nitrogen and oxygen atoms in total. The summed E-state index contributed by atoms with van der Waals surface area (Å²) in [7, 11) is 4.34. The van der Waals surface area contributed by atoms with Gasteiger partial charge in [0.05, 0.1) is 29.2 Å². The quantitative estimate of drug-likeness (QED) is 0.121. The number of hydrogen-bond acceptors (Lipinski definition) is 7. The van der Waals surface area contributed by atoms with Crippen molar-refractivity contribution in [2.75, 3.05) is 13.2 Å². The first-order chi connectivity index (χ1) is 53.5. The van der Waals surface area contributed by atoms with Gasteiger partial charge < -0.3 is 4.74 Å². The normalized spacial score (nSPS) is 16.7. The van der Waals surface area contributed by atoms with Crippen molar-refractivity contribution in [2.24, 2.45) is 10.2 Å². The van der Waals surface area contributed by atoms with Gasteiger partial charge >= 0.3 is 24.8 Å². The Balaban J connectivity index is 0.000000140. The van der Waals surface area contributed by atoms with Crippen LogP contribution in [0.4, 0.5) is 0 Å². The van der Waals surface area contributed by atoms with Crippen LogP contribution in [0.5, 0.6) is 0 Å². The minimum atomic E-state index is -0.518. The van der Waals surface area contributed by atoms with Crippen molar-refractivity contribution in [2.45, 2.75) is 95.1 Å². The van der Waals surface area contributed by atoms with E-state index in [1.54, 1.807) is 0 Å². The van der Waals surface area contributed by atoms with Crippen molar-refractivity contribution in [3.63, 3.8) is 0 Å². The van der Waals surface area contributed by atoms with E-state index in [1.807, 2.05) is 45.8 Å². The summed E-state index contributed by atoms with van der Waals surface area (Å²) in [6, 6.07) is 102. The van der Waals surface area contributed by atoms with Crippen LogP contribution in [-0.4, -0.2) is 20.9 Å². The van der Waals surface area contributed by atoms with Crippen molar-refractivity contribution in [3.8, 4) is 31.3 Å². The van der Waals surface area contributed by atoms with Crippen LogP contribution in [0.25, 0.3) is 52.9 Å². The molecule has 539 valence electrons. The van der Waals surface area contributed by atoms with Gasteiger partial charge in [-0.2, -0.15) is 0 Å². The van der Waals surface area contributed by atoms with Crippen LogP contribution in [0.2, 0.25) is 0 Å². The maximum absolute atomic E-state index is 4.94. The molecule has 1 saturated heterocycles. The molecule has 2 atom stereocenters. The third-order valence-corrected chi connectivity index (χ3v) is 29.8. The minimum absolute atomic E-state index is 0.282. The van der Waals surface area contributed by atoms with Crippen molar-refractivity contribution in [1.82, 2.24) is 0 Å². The Kier molecular flexibility index (Phi) is 19.2. The second-order valence-electron chi connectivity index (χ2n) is 30.8. The first kappa shape index (κ1) is 73.0. The topological polar surface area (TPSA) is 21.6 Å². The number of fused-ring (bicyclic) bond motifs is 8. The zero-order valence-electron chi connectivity index (χ0n) is 62.8. The van der Waals surface area contributed by atoms with Gasteiger partial charge in [-0.3, -0.25) is 0 Å². The number of thioether (sulfide) groups is 1. The van der Waals surface area contributed by atoms with E-state index in [9.17, 15) is 0 Å². The van der Waals surface area contributed by atoms with E-state index < -0.39 is 16.2 Å². The number of rotatable bonds is 8. The van der Waals surface area contributed by atoms with E-state index in [0.29, 0.717) is 5.25 Å². The Labute approximate surface area is 686 Å². The fraction of sp³-hybridized carbons (Fsp3) is 0.180. The van der Waals surface area contributed by atoms with E-state index in [-0.39, 0.29) is 11.3 Å². The van der Waals surface area contributed by atoms with Crippen LogP contribution in [0.1, 0.15) is 152 Å². The average Bonchev–Trinajstić information content (AvgIpc) is 1.20. The molecule has 1 radical (unpaired) electrons. The molecule has 0 spiro atoms. The van der Waals surface area contributed by atoms with E-state index in [2.05, 4.69) is 390 Å². The van der Waals surface area contributed by atoms with Crippen LogP contribution >= 0.6 is 90.4 Å². The number of ether oxygens (including phenoxy) is 1. The number of hydrogen-bond donors (Lipinski definition) is 1. The zero-order valence-corrected chi connectivity index (χ0v) is 70.1. The van der Waals surface area contributed by atoms with Gasteiger partial charge in [0.15, 0.2) is 0 Å². The van der Waals surface area contributed by atoms with Crippen LogP contribution in [0.15, 0.2) is 290 Å². The summed E-state index contributed by atoms with van der Waals surface area (Å²) in [5, 5.41) is 10.6. The maximum atomic E-state index is 4.94. The molecule has 0 saturated carbocycles. The third kappa shape index (κ3) is 11.3. The molecule has 12 aromatic carbocycles. The van der Waals surface area contributed by atoms with Crippen molar-refractivity contribution in [1.29, 1.82) is 0 Å². The van der Waals surface area contributed by atoms with Gasteiger partial charge in [-0.15, -0.1) is 45.8 Å². The number of thiol groups is 1. The summed E-state index contributed by atoms with van der Waals surface area (Å²) in [6.07, 6.45) is 5.07. The van der Waals surface area contributed by atoms with Crippen molar-refractivity contribution < 1.29 is 4.74 Å². The Bertz CT molecular complexity index is 5730. The second kappa shape index (κ2) is 28.9. The predicted molar refractivity (Wildman–Crippen MR) is 480 cm³/mol. The zero-order chi connectivity index (χ0) is 75.5. The van der Waals surface area contributed by atoms with Crippen molar-refractivity contribution >= 4 is 120 Å². The third-order valence-electron chi connectivity index (χ3n) is 24.4. The average molecular weight is 1640 g/mol. The van der Waals surface area contributed by atoms with Gasteiger partial charge in [0.2, 0.25) is 0 Å². The SMILES string of the molecule is C1CCOC1.Cc1ccc(C2(c3ccc(C)cc3)c3cc(Br)sc3-c3ccc4c5c(ccc2c35)-c2sc(Br)cc2C4(c2ccc(C)cc2)c2ccc(C)cc2)cc1.Cc1ccc(C2(c3ccc(C)cc3)c3ccsc3-c3ccc4c5c(ccc2c35)C2SC=CC2C4(c2ccc(C)cc2)c2ccc(C)cc2)cc1.[B]=NS. The number of aryl methyl sites for hydroxylation is 8. The van der Waals surface area contributed by atoms with Gasteiger partial charge in [-0.25, -0.2) is 0 Å². The Morgan fingerprint density at radius 3 is 1.02 bits per heavy atom. The molecule has 15 aromatic rings. The van der Waals surface area contributed by atoms with E-state index in [0.717, 1.165) is 20.8 Å². The number of thiophene rings is 3. The first-order valence-corrected chi connectivity index (χ1v) is 43.4. The summed E-state index contributed by atoms with van der Waals surface area (Å²) in [6.45, 7) is 19.5. The predicted octanol–water partition coefficient (Wildman–Crippen LogP) is 28.2. The number of benzene rings is 12. The summed E-state index contributed by atoms with van der Waals surface area (Å²) in [4.78, 5) is 4.05. The molecular formula is C100H81BBr2NOS5. The molecule has 10 heteroatoms. The second-order valence-corrected chi connectivity index (χ2v) is 37.8. The van der Waals surface area contributed by atoms with Gasteiger partial charge in [0.1, 0.15) is 0 Å². The molecule has 4 aliphatic carbocycles. The molecule has 5 heterocycles. The molecule has 110 heavy (non-hydrogen) atoms. The molecule has 3 aromatic heterocycles. The summed E-state index contributed by atoms with van der Waals surface area (Å²) in [5.74, 6) is 0.282. The summed E-state index contributed by atoms with van der Waals surface area (Å²) < 4.78 is 9.94. The van der Waals surface area contributed by atoms with E-state index in [1.165, 1.54) is 199 Å². The Hall–Kier alpha value is -8.52. The monoisotopic (exact) mass is 1640 g/mol. The molecule has 2 aliphatic heterocycles. The van der Waals surface area contributed by atoms with Crippen LogP contribution in [-0.2, 0) is 26.4 Å². The number of halogens is 2. The molecule has 21 rings (SSSR count).